The largest absolute Gasteiger partial charge is 0.480 e. The molecule has 0 saturated heterocycles. The van der Waals surface area contributed by atoms with Crippen LogP contribution in [0, 0.1) is 17.0 Å². The Hall–Kier alpha value is -2.48. The highest BCUT2D eigenvalue weighted by molar-refractivity contribution is 5.91. The van der Waals surface area contributed by atoms with E-state index in [1.165, 1.54) is 18.2 Å². The third-order valence-electron chi connectivity index (χ3n) is 3.39. The summed E-state index contributed by atoms with van der Waals surface area (Å²) in [6.07, 6.45) is 0.141. The van der Waals surface area contributed by atoms with Crippen LogP contribution in [0.2, 0.25) is 0 Å². The fourth-order valence-electron chi connectivity index (χ4n) is 2.05. The van der Waals surface area contributed by atoms with Gasteiger partial charge in [0, 0.05) is 36.8 Å². The minimum Gasteiger partial charge on any atom is -0.480 e. The number of hydrogen-bond acceptors (Lipinski definition) is 5. The van der Waals surface area contributed by atoms with E-state index in [1.54, 1.807) is 11.8 Å². The van der Waals surface area contributed by atoms with Gasteiger partial charge in [-0.2, -0.15) is 0 Å². The Morgan fingerprint density at radius 3 is 2.52 bits per heavy atom. The fraction of sp³-hybridized carbons (Fsp3) is 0.467. The molecule has 0 saturated carbocycles. The molecule has 8 heteroatoms. The van der Waals surface area contributed by atoms with Gasteiger partial charge in [-0.05, 0) is 32.4 Å². The molecule has 1 aromatic carbocycles. The van der Waals surface area contributed by atoms with Gasteiger partial charge in [-0.1, -0.05) is 0 Å². The third kappa shape index (κ3) is 6.03. The molecule has 0 aliphatic rings. The first-order valence-electron chi connectivity index (χ1n) is 7.21. The van der Waals surface area contributed by atoms with Crippen LogP contribution in [-0.2, 0) is 9.59 Å². The van der Waals surface area contributed by atoms with Crippen molar-refractivity contribution in [2.75, 3.05) is 18.4 Å². The SMILES string of the molecule is Cc1cc([N+](=O)[O-])ccc1NC(=O)CCN(CC(=O)O)C(C)C. The lowest BCUT2D eigenvalue weighted by molar-refractivity contribution is -0.384. The number of nitro benzene ring substituents is 1. The molecule has 0 spiro atoms. The maximum Gasteiger partial charge on any atom is 0.317 e. The predicted molar refractivity (Wildman–Crippen MR) is 85.4 cm³/mol. The number of benzene rings is 1. The van der Waals surface area contributed by atoms with Gasteiger partial charge in [-0.3, -0.25) is 24.6 Å². The maximum absolute atomic E-state index is 12.0. The Balaban J connectivity index is 2.62. The summed E-state index contributed by atoms with van der Waals surface area (Å²) in [4.78, 5) is 34.6. The molecule has 2 N–H and O–H groups in total. The highest BCUT2D eigenvalue weighted by atomic mass is 16.6. The van der Waals surface area contributed by atoms with E-state index >= 15 is 0 Å². The predicted octanol–water partition coefficient (Wildman–Crippen LogP) is 2.03. The van der Waals surface area contributed by atoms with E-state index in [4.69, 9.17) is 5.11 Å². The van der Waals surface area contributed by atoms with Gasteiger partial charge in [0.25, 0.3) is 5.69 Å². The van der Waals surface area contributed by atoms with Crippen LogP contribution >= 0.6 is 0 Å². The number of anilines is 1. The molecule has 0 aromatic heterocycles. The lowest BCUT2D eigenvalue weighted by Crippen LogP contribution is -2.37. The van der Waals surface area contributed by atoms with E-state index in [-0.39, 0.29) is 30.6 Å². The van der Waals surface area contributed by atoms with Crippen LogP contribution in [0.25, 0.3) is 0 Å². The molecule has 23 heavy (non-hydrogen) atoms. The van der Waals surface area contributed by atoms with Crippen LogP contribution in [0.1, 0.15) is 25.8 Å². The van der Waals surface area contributed by atoms with E-state index < -0.39 is 10.9 Å². The van der Waals surface area contributed by atoms with E-state index in [1.807, 2.05) is 13.8 Å². The standard InChI is InChI=1S/C15H21N3O5/c1-10(2)17(9-15(20)21)7-6-14(19)16-13-5-4-12(18(22)23)8-11(13)3/h4-5,8,10H,6-7,9H2,1-3H3,(H,16,19)(H,20,21). The summed E-state index contributed by atoms with van der Waals surface area (Å²) in [5.41, 5.74) is 1.07. The molecule has 1 aromatic rings. The Morgan fingerprint density at radius 1 is 1.39 bits per heavy atom. The van der Waals surface area contributed by atoms with Gasteiger partial charge in [0.2, 0.25) is 5.91 Å². The van der Waals surface area contributed by atoms with Crippen molar-refractivity contribution in [3.63, 3.8) is 0 Å². The number of hydrogen-bond donors (Lipinski definition) is 2. The van der Waals surface area contributed by atoms with Crippen LogP contribution < -0.4 is 5.32 Å². The van der Waals surface area contributed by atoms with Crippen LogP contribution in [0.15, 0.2) is 18.2 Å². The number of carboxylic acid groups (broad SMARTS) is 1. The Morgan fingerprint density at radius 2 is 2.04 bits per heavy atom. The minimum absolute atomic E-state index is 0.0139. The first-order valence-corrected chi connectivity index (χ1v) is 7.21. The first kappa shape index (κ1) is 18.6. The van der Waals surface area contributed by atoms with Gasteiger partial charge in [0.05, 0.1) is 11.5 Å². The maximum atomic E-state index is 12.0. The second kappa shape index (κ2) is 8.23. The van der Waals surface area contributed by atoms with Gasteiger partial charge >= 0.3 is 5.97 Å². The number of nitrogens with zero attached hydrogens (tertiary/aromatic N) is 2. The molecule has 0 aliphatic carbocycles. The lowest BCUT2D eigenvalue weighted by Gasteiger charge is -2.24. The molecule has 0 heterocycles. The van der Waals surface area contributed by atoms with Crippen molar-refractivity contribution in [1.29, 1.82) is 0 Å². The molecule has 0 aliphatic heterocycles. The summed E-state index contributed by atoms with van der Waals surface area (Å²) < 4.78 is 0. The van der Waals surface area contributed by atoms with E-state index in [9.17, 15) is 19.7 Å². The number of non-ortho nitro benzene ring substituents is 1. The Bertz CT molecular complexity index is 601. The average Bonchev–Trinajstić information content (AvgIpc) is 2.44. The number of nitro groups is 1. The fourth-order valence-corrected chi connectivity index (χ4v) is 2.05. The summed E-state index contributed by atoms with van der Waals surface area (Å²) in [7, 11) is 0. The van der Waals surface area contributed by atoms with Gasteiger partial charge in [-0.25, -0.2) is 0 Å². The summed E-state index contributed by atoms with van der Waals surface area (Å²) in [5.74, 6) is -1.21. The van der Waals surface area contributed by atoms with Gasteiger partial charge < -0.3 is 10.4 Å². The highest BCUT2D eigenvalue weighted by Crippen LogP contribution is 2.21. The number of carbonyl (C=O) groups is 2. The molecule has 0 radical (unpaired) electrons. The Labute approximate surface area is 134 Å². The number of aryl methyl sites for hydroxylation is 1. The number of aliphatic carboxylic acids is 1. The minimum atomic E-state index is -0.940. The van der Waals surface area contributed by atoms with Crippen LogP contribution in [0.5, 0.6) is 0 Å². The smallest absolute Gasteiger partial charge is 0.317 e. The third-order valence-corrected chi connectivity index (χ3v) is 3.39. The molecule has 0 bridgehead atoms. The van der Waals surface area contributed by atoms with Crippen molar-refractivity contribution in [2.45, 2.75) is 33.2 Å². The molecule has 0 fully saturated rings. The zero-order valence-corrected chi connectivity index (χ0v) is 13.4. The van der Waals surface area contributed by atoms with Crippen molar-refractivity contribution in [3.05, 3.63) is 33.9 Å². The number of amides is 1. The molecule has 1 amide bonds. The Kier molecular flexibility index (Phi) is 6.65. The summed E-state index contributed by atoms with van der Waals surface area (Å²) in [5, 5.41) is 22.2. The van der Waals surface area contributed by atoms with Crippen LogP contribution in [-0.4, -0.2) is 45.9 Å². The van der Waals surface area contributed by atoms with Crippen molar-refractivity contribution in [1.82, 2.24) is 4.90 Å². The highest BCUT2D eigenvalue weighted by Gasteiger charge is 2.15. The summed E-state index contributed by atoms with van der Waals surface area (Å²) in [6.45, 7) is 5.60. The number of carbonyl (C=O) groups excluding carboxylic acids is 1. The molecule has 0 atom stereocenters. The van der Waals surface area contributed by atoms with Gasteiger partial charge in [-0.15, -0.1) is 0 Å². The van der Waals surface area contributed by atoms with Crippen molar-refractivity contribution in [3.8, 4) is 0 Å². The summed E-state index contributed by atoms with van der Waals surface area (Å²) in [6, 6.07) is 4.22. The molecular weight excluding hydrogens is 302 g/mol. The van der Waals surface area contributed by atoms with Gasteiger partial charge in [0.1, 0.15) is 0 Å². The zero-order valence-electron chi connectivity index (χ0n) is 13.4. The van der Waals surface area contributed by atoms with Crippen molar-refractivity contribution in [2.24, 2.45) is 0 Å². The quantitative estimate of drug-likeness (QED) is 0.559. The molecule has 126 valence electrons. The second-order valence-corrected chi connectivity index (χ2v) is 5.51. The van der Waals surface area contributed by atoms with Crippen molar-refractivity contribution >= 4 is 23.3 Å². The van der Waals surface area contributed by atoms with E-state index in [2.05, 4.69) is 5.32 Å². The lowest BCUT2D eigenvalue weighted by atomic mass is 10.1. The molecular formula is C15H21N3O5. The van der Waals surface area contributed by atoms with Crippen LogP contribution in [0.4, 0.5) is 11.4 Å². The number of nitrogens with one attached hydrogen (secondary N) is 1. The number of rotatable bonds is 8. The first-order chi connectivity index (χ1) is 10.7. The second-order valence-electron chi connectivity index (χ2n) is 5.51. The zero-order chi connectivity index (χ0) is 17.6. The molecule has 1 rings (SSSR count). The normalized spacial score (nSPS) is 10.8. The van der Waals surface area contributed by atoms with Gasteiger partial charge in [0.15, 0.2) is 0 Å². The monoisotopic (exact) mass is 323 g/mol. The van der Waals surface area contributed by atoms with Crippen molar-refractivity contribution < 1.29 is 19.6 Å². The molecule has 0 unspecified atom stereocenters. The number of carboxylic acids is 1. The van der Waals surface area contributed by atoms with E-state index in [0.717, 1.165) is 0 Å². The average molecular weight is 323 g/mol. The summed E-state index contributed by atoms with van der Waals surface area (Å²) >= 11 is 0. The van der Waals surface area contributed by atoms with E-state index in [0.29, 0.717) is 17.8 Å². The topological polar surface area (TPSA) is 113 Å². The molecule has 8 nitrogen and oxygen atoms in total. The van der Waals surface area contributed by atoms with Crippen LogP contribution in [0.3, 0.4) is 0 Å².